The van der Waals surface area contributed by atoms with E-state index < -0.39 is 0 Å². The Hall–Kier alpha value is -1.13. The van der Waals surface area contributed by atoms with Gasteiger partial charge in [-0.05, 0) is 92.5 Å². The van der Waals surface area contributed by atoms with Gasteiger partial charge in [-0.2, -0.15) is 0 Å². The summed E-state index contributed by atoms with van der Waals surface area (Å²) in [7, 11) is 0. The molecule has 1 rings (SSSR count). The number of halogens is 1. The molecule has 4 heteroatoms. The van der Waals surface area contributed by atoms with Gasteiger partial charge in [0.05, 0.1) is 0 Å². The van der Waals surface area contributed by atoms with Crippen molar-refractivity contribution in [3.05, 3.63) is 46.6 Å². The Labute approximate surface area is 213 Å². The van der Waals surface area contributed by atoms with Crippen molar-refractivity contribution >= 4 is 21.8 Å². The molecule has 1 fully saturated rings. The fourth-order valence-electron chi connectivity index (χ4n) is 4.19. The normalized spacial score (nSPS) is 16.5. The van der Waals surface area contributed by atoms with Crippen molar-refractivity contribution in [3.8, 4) is 0 Å². The topological polar surface area (TPSA) is 23.6 Å². The molecule has 1 aliphatic rings. The predicted molar refractivity (Wildman–Crippen MR) is 149 cm³/mol. The van der Waals surface area contributed by atoms with E-state index in [0.717, 1.165) is 70.2 Å². The molecule has 1 heterocycles. The summed E-state index contributed by atoms with van der Waals surface area (Å²) in [4.78, 5) is 17.7. The van der Waals surface area contributed by atoms with E-state index in [0.29, 0.717) is 12.3 Å². The molecule has 3 nitrogen and oxygen atoms in total. The van der Waals surface area contributed by atoms with Crippen LogP contribution in [-0.4, -0.2) is 53.8 Å². The second-order valence-corrected chi connectivity index (χ2v) is 11.0. The van der Waals surface area contributed by atoms with Gasteiger partial charge in [-0.1, -0.05) is 62.5 Å². The lowest BCUT2D eigenvalue weighted by Gasteiger charge is -2.35. The lowest BCUT2D eigenvalue weighted by atomic mass is 9.94. The molecule has 1 unspecified atom stereocenters. The van der Waals surface area contributed by atoms with E-state index >= 15 is 0 Å². The van der Waals surface area contributed by atoms with Crippen molar-refractivity contribution in [1.29, 1.82) is 0 Å². The average molecular weight is 522 g/mol. The zero-order valence-electron chi connectivity index (χ0n) is 22.3. The van der Waals surface area contributed by atoms with Crippen LogP contribution in [0, 0.1) is 5.92 Å². The Morgan fingerprint density at radius 3 is 1.97 bits per heavy atom. The van der Waals surface area contributed by atoms with Crippen molar-refractivity contribution in [2.75, 3.05) is 38.1 Å². The first-order chi connectivity index (χ1) is 15.7. The molecule has 0 aliphatic carbocycles. The zero-order valence-corrected chi connectivity index (χ0v) is 23.8. The lowest BCUT2D eigenvalue weighted by molar-refractivity contribution is -0.133. The monoisotopic (exact) mass is 520 g/mol. The molecule has 1 saturated heterocycles. The van der Waals surface area contributed by atoms with E-state index in [1.54, 1.807) is 0 Å². The molecule has 188 valence electrons. The SMILES string of the molecule is CC(C)=CCC/C(C)=C/CC(/C=C(\C)CCC=C(C)C)CC(=O)N1CCN(CCCBr)CC1. The average Bonchev–Trinajstić information content (AvgIpc) is 2.75. The summed E-state index contributed by atoms with van der Waals surface area (Å²) in [6, 6.07) is 0. The van der Waals surface area contributed by atoms with E-state index in [4.69, 9.17) is 0 Å². The highest BCUT2D eigenvalue weighted by Crippen LogP contribution is 2.21. The van der Waals surface area contributed by atoms with E-state index in [2.05, 4.69) is 91.6 Å². The van der Waals surface area contributed by atoms with Gasteiger partial charge < -0.3 is 4.90 Å². The van der Waals surface area contributed by atoms with E-state index in [-0.39, 0.29) is 5.92 Å². The van der Waals surface area contributed by atoms with Crippen molar-refractivity contribution in [3.63, 3.8) is 0 Å². The first kappa shape index (κ1) is 29.9. The molecule has 33 heavy (non-hydrogen) atoms. The van der Waals surface area contributed by atoms with Crippen LogP contribution < -0.4 is 0 Å². The third-order valence-electron chi connectivity index (χ3n) is 6.24. The molecule has 0 bridgehead atoms. The largest absolute Gasteiger partial charge is 0.340 e. The number of carbonyl (C=O) groups is 1. The summed E-state index contributed by atoms with van der Waals surface area (Å²) in [5.41, 5.74) is 5.59. The van der Waals surface area contributed by atoms with Crippen molar-refractivity contribution in [2.45, 2.75) is 86.5 Å². The number of carbonyl (C=O) groups excluding carboxylic acids is 1. The smallest absolute Gasteiger partial charge is 0.223 e. The molecular weight excluding hydrogens is 472 g/mol. The molecule has 0 saturated carbocycles. The third kappa shape index (κ3) is 14.7. The van der Waals surface area contributed by atoms with Gasteiger partial charge in [-0.15, -0.1) is 0 Å². The fraction of sp³-hybridized carbons (Fsp3) is 0.690. The van der Waals surface area contributed by atoms with Crippen LogP contribution >= 0.6 is 15.9 Å². The van der Waals surface area contributed by atoms with Gasteiger partial charge in [-0.3, -0.25) is 9.69 Å². The second kappa shape index (κ2) is 17.3. The highest BCUT2D eigenvalue weighted by Gasteiger charge is 2.22. The van der Waals surface area contributed by atoms with Crippen LogP contribution in [0.15, 0.2) is 46.6 Å². The van der Waals surface area contributed by atoms with E-state index in [1.165, 1.54) is 28.7 Å². The molecular formula is C29H49BrN2O. The Bertz CT molecular complexity index is 688. The Morgan fingerprint density at radius 2 is 1.42 bits per heavy atom. The molecule has 0 aromatic rings. The minimum absolute atomic E-state index is 0.286. The van der Waals surface area contributed by atoms with Crippen LogP contribution in [-0.2, 0) is 4.79 Å². The van der Waals surface area contributed by atoms with E-state index in [1.807, 2.05) is 0 Å². The standard InChI is InChI=1S/C29H49BrN2O/c1-24(2)10-7-12-26(5)14-15-28(22-27(6)13-8-11-25(3)4)23-29(33)32-20-18-31(19-21-32)17-9-16-30/h10-11,14,22,28H,7-9,12-13,15-21,23H2,1-6H3/b26-14+,27-22+. The van der Waals surface area contributed by atoms with Crippen LogP contribution in [0.3, 0.4) is 0 Å². The number of alkyl halides is 1. The van der Waals surface area contributed by atoms with Gasteiger partial charge in [0.2, 0.25) is 5.91 Å². The zero-order chi connectivity index (χ0) is 24.6. The maximum absolute atomic E-state index is 13.1. The number of piperazine rings is 1. The molecule has 1 amide bonds. The van der Waals surface area contributed by atoms with Crippen molar-refractivity contribution < 1.29 is 4.79 Å². The van der Waals surface area contributed by atoms with Crippen LogP contribution in [0.25, 0.3) is 0 Å². The predicted octanol–water partition coefficient (Wildman–Crippen LogP) is 7.70. The quantitative estimate of drug-likeness (QED) is 0.173. The number of nitrogens with zero attached hydrogens (tertiary/aromatic N) is 2. The summed E-state index contributed by atoms with van der Waals surface area (Å²) in [5.74, 6) is 0.609. The van der Waals surface area contributed by atoms with Crippen molar-refractivity contribution in [2.24, 2.45) is 5.92 Å². The van der Waals surface area contributed by atoms with Gasteiger partial charge in [0, 0.05) is 37.9 Å². The molecule has 0 spiro atoms. The van der Waals surface area contributed by atoms with Gasteiger partial charge in [0.1, 0.15) is 0 Å². The summed E-state index contributed by atoms with van der Waals surface area (Å²) >= 11 is 3.52. The maximum Gasteiger partial charge on any atom is 0.223 e. The second-order valence-electron chi connectivity index (χ2n) is 10.2. The summed E-state index contributed by atoms with van der Waals surface area (Å²) in [6.07, 6.45) is 16.5. The van der Waals surface area contributed by atoms with Crippen LogP contribution in [0.4, 0.5) is 0 Å². The van der Waals surface area contributed by atoms with Gasteiger partial charge in [0.25, 0.3) is 0 Å². The lowest BCUT2D eigenvalue weighted by Crippen LogP contribution is -2.49. The first-order valence-electron chi connectivity index (χ1n) is 12.9. The van der Waals surface area contributed by atoms with Crippen LogP contribution in [0.5, 0.6) is 0 Å². The van der Waals surface area contributed by atoms with Crippen LogP contribution in [0.2, 0.25) is 0 Å². The Morgan fingerprint density at radius 1 is 0.848 bits per heavy atom. The number of allylic oxidation sites excluding steroid dienone is 8. The molecule has 0 radical (unpaired) electrons. The number of rotatable bonds is 14. The summed E-state index contributed by atoms with van der Waals surface area (Å²) < 4.78 is 0. The highest BCUT2D eigenvalue weighted by atomic mass is 79.9. The highest BCUT2D eigenvalue weighted by molar-refractivity contribution is 9.09. The van der Waals surface area contributed by atoms with Crippen LogP contribution in [0.1, 0.15) is 86.5 Å². The summed E-state index contributed by atoms with van der Waals surface area (Å²) in [6.45, 7) is 18.0. The van der Waals surface area contributed by atoms with E-state index in [9.17, 15) is 4.79 Å². The molecule has 1 atom stereocenters. The van der Waals surface area contributed by atoms with Gasteiger partial charge in [0.15, 0.2) is 0 Å². The van der Waals surface area contributed by atoms with Crippen molar-refractivity contribution in [1.82, 2.24) is 9.80 Å². The number of hydrogen-bond donors (Lipinski definition) is 0. The Kier molecular flexibility index (Phi) is 15.7. The molecule has 0 aromatic carbocycles. The number of hydrogen-bond acceptors (Lipinski definition) is 2. The minimum atomic E-state index is 0.286. The van der Waals surface area contributed by atoms with Gasteiger partial charge >= 0.3 is 0 Å². The minimum Gasteiger partial charge on any atom is -0.340 e. The molecule has 0 N–H and O–H groups in total. The maximum atomic E-state index is 13.1. The van der Waals surface area contributed by atoms with Gasteiger partial charge in [-0.25, -0.2) is 0 Å². The third-order valence-corrected chi connectivity index (χ3v) is 6.80. The first-order valence-corrected chi connectivity index (χ1v) is 14.0. The summed E-state index contributed by atoms with van der Waals surface area (Å²) in [5, 5.41) is 1.05. The Balaban J connectivity index is 2.73. The number of amides is 1. The molecule has 1 aliphatic heterocycles. The fourth-order valence-corrected chi connectivity index (χ4v) is 4.44. The molecule has 0 aromatic heterocycles.